The number of benzene rings is 1. The molecule has 2 aromatic heterocycles. The molecule has 0 radical (unpaired) electrons. The fourth-order valence-corrected chi connectivity index (χ4v) is 4.38. The molecule has 0 unspecified atom stereocenters. The van der Waals surface area contributed by atoms with Crippen molar-refractivity contribution in [1.82, 2.24) is 14.5 Å². The summed E-state index contributed by atoms with van der Waals surface area (Å²) in [4.78, 5) is 20.4. The van der Waals surface area contributed by atoms with Gasteiger partial charge in [0.2, 0.25) is 0 Å². The first-order valence-electron chi connectivity index (χ1n) is 8.02. The maximum atomic E-state index is 12.0. The van der Waals surface area contributed by atoms with E-state index in [1.54, 1.807) is 12.1 Å². The summed E-state index contributed by atoms with van der Waals surface area (Å²) in [6.45, 7) is 0.455. The van der Waals surface area contributed by atoms with Gasteiger partial charge in [-0.25, -0.2) is 14.8 Å². The molecule has 3 aromatic rings. The highest BCUT2D eigenvalue weighted by atomic mass is 127. The van der Waals surface area contributed by atoms with E-state index in [2.05, 4.69) is 43.3 Å². The van der Waals surface area contributed by atoms with Crippen molar-refractivity contribution >= 4 is 51.2 Å². The molecule has 1 aliphatic carbocycles. The Labute approximate surface area is 163 Å². The Balaban J connectivity index is 1.38. The van der Waals surface area contributed by atoms with Gasteiger partial charge in [-0.1, -0.05) is 29.8 Å². The lowest BCUT2D eigenvalue weighted by Crippen LogP contribution is -2.30. The Morgan fingerprint density at radius 1 is 1.28 bits per heavy atom. The standard InChI is InChI=1S/C18H15ClIN3O2/c19-16-15-14(20)8-23(17(15)22-10-21-16)13-6-11(7-13)9-25-18(24)12-4-2-1-3-5-12/h1-5,8,10-11,13H,6-7,9H2. The van der Waals surface area contributed by atoms with E-state index in [0.29, 0.717) is 29.3 Å². The minimum atomic E-state index is -0.260. The highest BCUT2D eigenvalue weighted by molar-refractivity contribution is 14.1. The van der Waals surface area contributed by atoms with Crippen LogP contribution in [0.2, 0.25) is 5.15 Å². The van der Waals surface area contributed by atoms with Crippen molar-refractivity contribution in [2.45, 2.75) is 18.9 Å². The van der Waals surface area contributed by atoms with Crippen molar-refractivity contribution < 1.29 is 9.53 Å². The number of carbonyl (C=O) groups is 1. The third-order valence-electron chi connectivity index (χ3n) is 4.58. The summed E-state index contributed by atoms with van der Waals surface area (Å²) in [6.07, 6.45) is 5.49. The summed E-state index contributed by atoms with van der Waals surface area (Å²) in [5.74, 6) is 0.120. The van der Waals surface area contributed by atoms with Crippen molar-refractivity contribution in [2.75, 3.05) is 6.61 Å². The van der Waals surface area contributed by atoms with Crippen molar-refractivity contribution in [3.8, 4) is 0 Å². The zero-order valence-corrected chi connectivity index (χ0v) is 16.1. The molecule has 1 aliphatic rings. The zero-order valence-electron chi connectivity index (χ0n) is 13.2. The summed E-state index contributed by atoms with van der Waals surface area (Å²) in [5, 5.41) is 1.39. The van der Waals surface area contributed by atoms with E-state index in [0.717, 1.165) is 27.4 Å². The number of ether oxygens (including phenoxy) is 1. The average Bonchev–Trinajstić information content (AvgIpc) is 2.92. The number of nitrogens with zero attached hydrogens (tertiary/aromatic N) is 3. The number of aromatic nitrogens is 3. The smallest absolute Gasteiger partial charge is 0.338 e. The van der Waals surface area contributed by atoms with Gasteiger partial charge in [0.05, 0.1) is 17.6 Å². The monoisotopic (exact) mass is 467 g/mol. The van der Waals surface area contributed by atoms with Gasteiger partial charge in [-0.05, 0) is 53.5 Å². The summed E-state index contributed by atoms with van der Waals surface area (Å²) in [5.41, 5.74) is 1.46. The van der Waals surface area contributed by atoms with Crippen LogP contribution in [0.15, 0.2) is 42.9 Å². The van der Waals surface area contributed by atoms with Crippen molar-refractivity contribution in [2.24, 2.45) is 5.92 Å². The van der Waals surface area contributed by atoms with Crippen LogP contribution >= 0.6 is 34.2 Å². The highest BCUT2D eigenvalue weighted by Gasteiger charge is 2.33. The van der Waals surface area contributed by atoms with Gasteiger partial charge in [-0.3, -0.25) is 0 Å². The normalized spacial score (nSPS) is 19.6. The minimum absolute atomic E-state index is 0.260. The van der Waals surface area contributed by atoms with Crippen molar-refractivity contribution in [3.63, 3.8) is 0 Å². The van der Waals surface area contributed by atoms with Crippen LogP contribution in [-0.2, 0) is 4.74 Å². The van der Waals surface area contributed by atoms with E-state index >= 15 is 0 Å². The lowest BCUT2D eigenvalue weighted by molar-refractivity contribution is 0.0302. The molecule has 1 saturated carbocycles. The average molecular weight is 468 g/mol. The van der Waals surface area contributed by atoms with Gasteiger partial charge in [-0.2, -0.15) is 0 Å². The fourth-order valence-electron chi connectivity index (χ4n) is 3.20. The van der Waals surface area contributed by atoms with Crippen LogP contribution in [0.25, 0.3) is 11.0 Å². The Hall–Kier alpha value is -1.67. The molecular formula is C18H15ClIN3O2. The van der Waals surface area contributed by atoms with Gasteiger partial charge < -0.3 is 9.30 Å². The van der Waals surface area contributed by atoms with Crippen LogP contribution in [0.1, 0.15) is 29.2 Å². The minimum Gasteiger partial charge on any atom is -0.462 e. The molecule has 128 valence electrons. The first-order valence-corrected chi connectivity index (χ1v) is 9.48. The van der Waals surface area contributed by atoms with Gasteiger partial charge in [0, 0.05) is 15.8 Å². The van der Waals surface area contributed by atoms with E-state index in [1.165, 1.54) is 6.33 Å². The van der Waals surface area contributed by atoms with E-state index in [4.69, 9.17) is 16.3 Å². The number of hydrogen-bond acceptors (Lipinski definition) is 4. The Morgan fingerprint density at radius 2 is 2.04 bits per heavy atom. The van der Waals surface area contributed by atoms with Crippen LogP contribution in [-0.4, -0.2) is 27.1 Å². The molecular weight excluding hydrogens is 453 g/mol. The van der Waals surface area contributed by atoms with E-state index < -0.39 is 0 Å². The number of hydrogen-bond donors (Lipinski definition) is 0. The molecule has 1 fully saturated rings. The lowest BCUT2D eigenvalue weighted by Gasteiger charge is -2.36. The predicted octanol–water partition coefficient (Wildman–Crippen LogP) is 4.50. The second kappa shape index (κ2) is 6.92. The number of fused-ring (bicyclic) bond motifs is 1. The Bertz CT molecular complexity index is 923. The van der Waals surface area contributed by atoms with Gasteiger partial charge >= 0.3 is 5.97 Å². The van der Waals surface area contributed by atoms with Gasteiger partial charge in [0.15, 0.2) is 0 Å². The molecule has 25 heavy (non-hydrogen) atoms. The number of carbonyl (C=O) groups excluding carboxylic acids is 1. The second-order valence-corrected chi connectivity index (χ2v) is 7.72. The molecule has 5 nitrogen and oxygen atoms in total. The van der Waals surface area contributed by atoms with Gasteiger partial charge in [0.25, 0.3) is 0 Å². The summed E-state index contributed by atoms with van der Waals surface area (Å²) in [7, 11) is 0. The van der Waals surface area contributed by atoms with E-state index in [-0.39, 0.29) is 5.97 Å². The zero-order chi connectivity index (χ0) is 17.4. The molecule has 7 heteroatoms. The Kier molecular flexibility index (Phi) is 4.64. The van der Waals surface area contributed by atoms with Crippen LogP contribution in [0.5, 0.6) is 0 Å². The van der Waals surface area contributed by atoms with Crippen LogP contribution in [0.3, 0.4) is 0 Å². The lowest BCUT2D eigenvalue weighted by atomic mass is 9.80. The molecule has 0 bridgehead atoms. The summed E-state index contributed by atoms with van der Waals surface area (Å²) >= 11 is 8.45. The van der Waals surface area contributed by atoms with Crippen molar-refractivity contribution in [1.29, 1.82) is 0 Å². The van der Waals surface area contributed by atoms with Gasteiger partial charge in [0.1, 0.15) is 17.1 Å². The molecule has 0 saturated heterocycles. The molecule has 4 rings (SSSR count). The molecule has 0 atom stereocenters. The van der Waals surface area contributed by atoms with Gasteiger partial charge in [-0.15, -0.1) is 0 Å². The largest absolute Gasteiger partial charge is 0.462 e. The third kappa shape index (κ3) is 3.25. The van der Waals surface area contributed by atoms with Crippen molar-refractivity contribution in [3.05, 3.63) is 57.1 Å². The number of esters is 1. The van der Waals surface area contributed by atoms with E-state index in [1.807, 2.05) is 18.2 Å². The first-order chi connectivity index (χ1) is 12.1. The summed E-state index contributed by atoms with van der Waals surface area (Å²) in [6, 6.07) is 9.44. The predicted molar refractivity (Wildman–Crippen MR) is 104 cm³/mol. The Morgan fingerprint density at radius 3 is 2.80 bits per heavy atom. The molecule has 0 amide bonds. The molecule has 2 heterocycles. The van der Waals surface area contributed by atoms with Crippen LogP contribution < -0.4 is 0 Å². The maximum Gasteiger partial charge on any atom is 0.338 e. The quantitative estimate of drug-likeness (QED) is 0.322. The van der Waals surface area contributed by atoms with Crippen LogP contribution in [0.4, 0.5) is 0 Å². The molecule has 0 aliphatic heterocycles. The topological polar surface area (TPSA) is 57.0 Å². The third-order valence-corrected chi connectivity index (χ3v) is 5.69. The van der Waals surface area contributed by atoms with E-state index in [9.17, 15) is 4.79 Å². The number of halogens is 2. The molecule has 0 spiro atoms. The van der Waals surface area contributed by atoms with Crippen LogP contribution in [0, 0.1) is 9.49 Å². The maximum absolute atomic E-state index is 12.0. The summed E-state index contributed by atoms with van der Waals surface area (Å²) < 4.78 is 8.65. The fraction of sp³-hybridized carbons (Fsp3) is 0.278. The molecule has 1 aromatic carbocycles. The molecule has 0 N–H and O–H groups in total. The number of rotatable bonds is 4. The first kappa shape index (κ1) is 16.8. The second-order valence-electron chi connectivity index (χ2n) is 6.20. The highest BCUT2D eigenvalue weighted by Crippen LogP contribution is 2.41. The SMILES string of the molecule is O=C(OCC1CC(n2cc(I)c3c(Cl)ncnc32)C1)c1ccccc1.